The van der Waals surface area contributed by atoms with Crippen LogP contribution in [0.3, 0.4) is 0 Å². The largest absolute Gasteiger partial charge is 0.481 e. The molecule has 0 saturated carbocycles. The van der Waals surface area contributed by atoms with Crippen molar-refractivity contribution in [2.24, 2.45) is 0 Å². The van der Waals surface area contributed by atoms with Crippen molar-refractivity contribution in [2.75, 3.05) is 0 Å². The molecule has 1 N–H and O–H groups in total. The molecule has 0 saturated heterocycles. The first kappa shape index (κ1) is 13.7. The maximum absolute atomic E-state index is 11.5. The zero-order chi connectivity index (χ0) is 13.8. The van der Waals surface area contributed by atoms with E-state index in [2.05, 4.69) is 20.9 Å². The molecule has 0 fully saturated rings. The highest BCUT2D eigenvalue weighted by molar-refractivity contribution is 9.10. The molecule has 1 aromatic heterocycles. The van der Waals surface area contributed by atoms with Crippen molar-refractivity contribution in [2.45, 2.75) is 19.3 Å². The zero-order valence-corrected chi connectivity index (χ0v) is 12.1. The highest BCUT2D eigenvalue weighted by Gasteiger charge is 2.23. The maximum atomic E-state index is 11.5. The number of aliphatic carboxylic acids is 1. The molecule has 0 spiro atoms. The van der Waals surface area contributed by atoms with Gasteiger partial charge in [-0.25, -0.2) is 0 Å². The zero-order valence-electron chi connectivity index (χ0n) is 10.5. The third-order valence-corrected chi connectivity index (χ3v) is 3.50. The lowest BCUT2D eigenvalue weighted by atomic mass is 9.93. The molecule has 2 aromatic rings. The number of carboxylic acid groups (broad SMARTS) is 1. The molecule has 0 aliphatic rings. The van der Waals surface area contributed by atoms with Crippen LogP contribution >= 0.6 is 15.9 Å². The van der Waals surface area contributed by atoms with Gasteiger partial charge in [0.1, 0.15) is 5.92 Å². The molecule has 98 valence electrons. The second-order valence-corrected chi connectivity index (χ2v) is 5.35. The summed E-state index contributed by atoms with van der Waals surface area (Å²) in [5.41, 5.74) is 2.52. The van der Waals surface area contributed by atoms with Crippen LogP contribution in [0.1, 0.15) is 22.7 Å². The third kappa shape index (κ3) is 3.41. The number of carboxylic acids is 1. The summed E-state index contributed by atoms with van der Waals surface area (Å²) in [6.07, 6.45) is 2.08. The van der Waals surface area contributed by atoms with E-state index in [0.717, 1.165) is 15.6 Å². The molecule has 3 nitrogen and oxygen atoms in total. The Bertz CT molecular complexity index is 598. The Hall–Kier alpha value is -1.68. The van der Waals surface area contributed by atoms with Crippen molar-refractivity contribution in [3.05, 3.63) is 63.9 Å². The topological polar surface area (TPSA) is 50.2 Å². The number of carbonyl (C=O) groups is 1. The van der Waals surface area contributed by atoms with Crippen LogP contribution in [-0.2, 0) is 11.2 Å². The van der Waals surface area contributed by atoms with Gasteiger partial charge in [0.05, 0.1) is 5.69 Å². The van der Waals surface area contributed by atoms with Gasteiger partial charge in [-0.1, -0.05) is 34.1 Å². The van der Waals surface area contributed by atoms with Crippen LogP contribution < -0.4 is 0 Å². The van der Waals surface area contributed by atoms with E-state index in [9.17, 15) is 9.90 Å². The second-order valence-electron chi connectivity index (χ2n) is 4.43. The van der Waals surface area contributed by atoms with Gasteiger partial charge in [0, 0.05) is 10.7 Å². The summed E-state index contributed by atoms with van der Waals surface area (Å²) in [6, 6.07) is 11.4. The first-order valence-electron chi connectivity index (χ1n) is 5.96. The highest BCUT2D eigenvalue weighted by Crippen LogP contribution is 2.23. The quantitative estimate of drug-likeness (QED) is 0.937. The van der Waals surface area contributed by atoms with E-state index in [1.54, 1.807) is 6.20 Å². The van der Waals surface area contributed by atoms with Crippen LogP contribution in [0.2, 0.25) is 0 Å². The Balaban J connectivity index is 2.32. The fourth-order valence-corrected chi connectivity index (χ4v) is 2.51. The first-order valence-corrected chi connectivity index (χ1v) is 6.76. The van der Waals surface area contributed by atoms with Gasteiger partial charge in [0.2, 0.25) is 0 Å². The third-order valence-electron chi connectivity index (χ3n) is 3.01. The fraction of sp³-hybridized carbons (Fsp3) is 0.200. The molecule has 0 radical (unpaired) electrons. The van der Waals surface area contributed by atoms with Crippen molar-refractivity contribution in [3.63, 3.8) is 0 Å². The molecular formula is C15H14BrNO2. The van der Waals surface area contributed by atoms with Gasteiger partial charge in [-0.05, 0) is 42.7 Å². The molecule has 1 heterocycles. The van der Waals surface area contributed by atoms with E-state index in [1.807, 2.05) is 43.3 Å². The summed E-state index contributed by atoms with van der Waals surface area (Å²) < 4.78 is 0.951. The highest BCUT2D eigenvalue weighted by atomic mass is 79.9. The molecule has 0 amide bonds. The van der Waals surface area contributed by atoms with Gasteiger partial charge in [-0.15, -0.1) is 0 Å². The Morgan fingerprint density at radius 1 is 1.37 bits per heavy atom. The SMILES string of the molecule is Cc1cccnc1C(Cc1cccc(Br)c1)C(=O)O. The van der Waals surface area contributed by atoms with Crippen molar-refractivity contribution < 1.29 is 9.90 Å². The van der Waals surface area contributed by atoms with E-state index in [0.29, 0.717) is 12.1 Å². The average Bonchev–Trinajstić information content (AvgIpc) is 2.37. The summed E-state index contributed by atoms with van der Waals surface area (Å²) in [7, 11) is 0. The smallest absolute Gasteiger partial charge is 0.312 e. The Morgan fingerprint density at radius 3 is 2.79 bits per heavy atom. The van der Waals surface area contributed by atoms with Gasteiger partial charge in [-0.3, -0.25) is 9.78 Å². The van der Waals surface area contributed by atoms with Crippen LogP contribution in [0.4, 0.5) is 0 Å². The minimum Gasteiger partial charge on any atom is -0.481 e. The number of nitrogens with zero attached hydrogens (tertiary/aromatic N) is 1. The predicted octanol–water partition coefficient (Wildman–Crippen LogP) is 3.56. The van der Waals surface area contributed by atoms with Crippen LogP contribution in [0.5, 0.6) is 0 Å². The van der Waals surface area contributed by atoms with Crippen LogP contribution in [0.25, 0.3) is 0 Å². The number of hydrogen-bond acceptors (Lipinski definition) is 2. The molecule has 19 heavy (non-hydrogen) atoms. The van der Waals surface area contributed by atoms with Gasteiger partial charge in [0.25, 0.3) is 0 Å². The standard InChI is InChI=1S/C15H14BrNO2/c1-10-4-3-7-17-14(10)13(15(18)19)9-11-5-2-6-12(16)8-11/h2-8,13H,9H2,1H3,(H,18,19). The molecule has 1 aromatic carbocycles. The molecular weight excluding hydrogens is 306 g/mol. The van der Waals surface area contributed by atoms with Gasteiger partial charge in [0.15, 0.2) is 0 Å². The van der Waals surface area contributed by atoms with Gasteiger partial charge in [-0.2, -0.15) is 0 Å². The Labute approximate surface area is 120 Å². The number of aryl methyl sites for hydroxylation is 1. The Morgan fingerprint density at radius 2 is 2.16 bits per heavy atom. The number of benzene rings is 1. The molecule has 0 aliphatic heterocycles. The molecule has 0 aliphatic carbocycles. The Kier molecular flexibility index (Phi) is 4.32. The summed E-state index contributed by atoms with van der Waals surface area (Å²) >= 11 is 3.40. The van der Waals surface area contributed by atoms with E-state index < -0.39 is 11.9 Å². The van der Waals surface area contributed by atoms with E-state index >= 15 is 0 Å². The molecule has 1 atom stereocenters. The lowest BCUT2D eigenvalue weighted by Gasteiger charge is -2.14. The summed E-state index contributed by atoms with van der Waals surface area (Å²) in [5.74, 6) is -1.46. The second kappa shape index (κ2) is 5.97. The first-order chi connectivity index (χ1) is 9.08. The molecule has 4 heteroatoms. The average molecular weight is 320 g/mol. The van der Waals surface area contributed by atoms with Crippen LogP contribution in [-0.4, -0.2) is 16.1 Å². The normalized spacial score (nSPS) is 12.1. The summed E-state index contributed by atoms with van der Waals surface area (Å²) in [6.45, 7) is 1.89. The van der Waals surface area contributed by atoms with Gasteiger partial charge >= 0.3 is 5.97 Å². The van der Waals surface area contributed by atoms with E-state index in [-0.39, 0.29) is 0 Å². The maximum Gasteiger partial charge on any atom is 0.312 e. The number of pyridine rings is 1. The monoisotopic (exact) mass is 319 g/mol. The number of rotatable bonds is 4. The molecule has 1 unspecified atom stereocenters. The van der Waals surface area contributed by atoms with Crippen molar-refractivity contribution in [1.82, 2.24) is 4.98 Å². The lowest BCUT2D eigenvalue weighted by molar-refractivity contribution is -0.138. The molecule has 2 rings (SSSR count). The van der Waals surface area contributed by atoms with E-state index in [4.69, 9.17) is 0 Å². The minimum atomic E-state index is -0.846. The number of aromatic nitrogens is 1. The summed E-state index contributed by atoms with van der Waals surface area (Å²) in [4.78, 5) is 15.7. The van der Waals surface area contributed by atoms with E-state index in [1.165, 1.54) is 0 Å². The lowest BCUT2D eigenvalue weighted by Crippen LogP contribution is -2.17. The fourth-order valence-electron chi connectivity index (χ4n) is 2.06. The summed E-state index contributed by atoms with van der Waals surface area (Å²) in [5, 5.41) is 9.43. The van der Waals surface area contributed by atoms with Crippen molar-refractivity contribution >= 4 is 21.9 Å². The minimum absolute atomic E-state index is 0.437. The van der Waals surface area contributed by atoms with Crippen LogP contribution in [0.15, 0.2) is 47.1 Å². The van der Waals surface area contributed by atoms with Crippen molar-refractivity contribution in [3.8, 4) is 0 Å². The number of hydrogen-bond donors (Lipinski definition) is 1. The van der Waals surface area contributed by atoms with Crippen molar-refractivity contribution in [1.29, 1.82) is 0 Å². The van der Waals surface area contributed by atoms with Gasteiger partial charge < -0.3 is 5.11 Å². The molecule has 0 bridgehead atoms. The predicted molar refractivity (Wildman–Crippen MR) is 77.2 cm³/mol. The van der Waals surface area contributed by atoms with Crippen LogP contribution in [0, 0.1) is 6.92 Å². The number of halogens is 1.